The first-order chi connectivity index (χ1) is 14.6. The highest BCUT2D eigenvalue weighted by molar-refractivity contribution is 5.91. The van der Waals surface area contributed by atoms with Crippen molar-refractivity contribution in [2.24, 2.45) is 0 Å². The number of carbonyl (C=O) groups excluding carboxylic acids is 2. The van der Waals surface area contributed by atoms with Crippen LogP contribution in [0.5, 0.6) is 28.7 Å². The predicted molar refractivity (Wildman–Crippen MR) is 103 cm³/mol. The zero-order chi connectivity index (χ0) is 23.1. The van der Waals surface area contributed by atoms with Crippen LogP contribution >= 0.6 is 0 Å². The number of rotatable bonds is 9. The molecule has 0 saturated heterocycles. The fourth-order valence-corrected chi connectivity index (χ4v) is 2.46. The van der Waals surface area contributed by atoms with Crippen LogP contribution in [0.1, 0.15) is 34.1 Å². The fourth-order valence-electron chi connectivity index (χ4n) is 2.46. The van der Waals surface area contributed by atoms with E-state index in [2.05, 4.69) is 0 Å². The first-order valence-electron chi connectivity index (χ1n) is 9.03. The number of phenols is 5. The molecule has 11 heteroatoms. The summed E-state index contributed by atoms with van der Waals surface area (Å²) in [5.74, 6) is -4.79. The van der Waals surface area contributed by atoms with Crippen LogP contribution in [0.25, 0.3) is 0 Å². The molecule has 11 nitrogen and oxygen atoms in total. The summed E-state index contributed by atoms with van der Waals surface area (Å²) in [6.07, 6.45) is -2.05. The van der Waals surface area contributed by atoms with Crippen molar-refractivity contribution in [3.63, 3.8) is 0 Å². The summed E-state index contributed by atoms with van der Waals surface area (Å²) >= 11 is 0. The average molecular weight is 438 g/mol. The second-order valence-electron chi connectivity index (χ2n) is 6.45. The molecular weight excluding hydrogens is 416 g/mol. The summed E-state index contributed by atoms with van der Waals surface area (Å²) in [5.41, 5.74) is -0.233. The van der Waals surface area contributed by atoms with Crippen LogP contribution in [0.2, 0.25) is 0 Å². The van der Waals surface area contributed by atoms with Gasteiger partial charge in [0.05, 0.1) is 23.8 Å². The summed E-state index contributed by atoms with van der Waals surface area (Å²) in [6.45, 7) is 0.792. The van der Waals surface area contributed by atoms with E-state index in [0.717, 1.165) is 24.3 Å². The maximum atomic E-state index is 12.1. The molecule has 2 unspecified atom stereocenters. The van der Waals surface area contributed by atoms with Gasteiger partial charge in [0.1, 0.15) is 6.61 Å². The van der Waals surface area contributed by atoms with Crippen LogP contribution < -0.4 is 0 Å². The average Bonchev–Trinajstić information content (AvgIpc) is 2.70. The number of carbonyl (C=O) groups is 2. The molecule has 0 aliphatic heterocycles. The molecule has 2 rings (SSSR count). The summed E-state index contributed by atoms with van der Waals surface area (Å²) in [7, 11) is 0. The molecule has 2 aromatic carbocycles. The Morgan fingerprint density at radius 2 is 1.42 bits per heavy atom. The zero-order valence-electron chi connectivity index (χ0n) is 16.4. The molecule has 0 amide bonds. The van der Waals surface area contributed by atoms with Crippen molar-refractivity contribution in [1.29, 1.82) is 0 Å². The summed E-state index contributed by atoms with van der Waals surface area (Å²) in [6, 6.07) is 5.21. The lowest BCUT2D eigenvalue weighted by atomic mass is 10.2. The van der Waals surface area contributed by atoms with Crippen molar-refractivity contribution in [2.75, 3.05) is 13.2 Å². The van der Waals surface area contributed by atoms with Gasteiger partial charge in [-0.2, -0.15) is 0 Å². The number of aliphatic hydroxyl groups is 1. The third kappa shape index (κ3) is 6.66. The Morgan fingerprint density at radius 3 is 2.00 bits per heavy atom. The molecule has 168 valence electrons. The van der Waals surface area contributed by atoms with Gasteiger partial charge in [-0.3, -0.25) is 0 Å². The topological polar surface area (TPSA) is 183 Å². The number of aromatic hydroxyl groups is 5. The zero-order valence-corrected chi connectivity index (χ0v) is 16.4. The van der Waals surface area contributed by atoms with Crippen LogP contribution in [0.15, 0.2) is 30.3 Å². The Morgan fingerprint density at radius 1 is 0.839 bits per heavy atom. The number of ether oxygens (including phenoxy) is 3. The SMILES string of the molecule is CC(O)OC(CCOC(=O)c1cc(O)c(O)c(O)c1)COC(=O)c1ccc(O)c(O)c1. The molecule has 2 aromatic rings. The van der Waals surface area contributed by atoms with Gasteiger partial charge in [-0.1, -0.05) is 0 Å². The van der Waals surface area contributed by atoms with Crippen molar-refractivity contribution in [3.05, 3.63) is 41.5 Å². The van der Waals surface area contributed by atoms with Gasteiger partial charge in [0.15, 0.2) is 35.0 Å². The maximum absolute atomic E-state index is 12.1. The third-order valence-corrected chi connectivity index (χ3v) is 3.98. The molecule has 0 bridgehead atoms. The van der Waals surface area contributed by atoms with Gasteiger partial charge >= 0.3 is 11.9 Å². The number of benzene rings is 2. The maximum Gasteiger partial charge on any atom is 0.338 e. The second-order valence-corrected chi connectivity index (χ2v) is 6.45. The largest absolute Gasteiger partial charge is 0.504 e. The van der Waals surface area contributed by atoms with E-state index in [0.29, 0.717) is 0 Å². The molecule has 0 aliphatic rings. The Bertz CT molecular complexity index is 916. The molecule has 0 heterocycles. The van der Waals surface area contributed by atoms with Crippen molar-refractivity contribution >= 4 is 11.9 Å². The van der Waals surface area contributed by atoms with Crippen LogP contribution in [0.4, 0.5) is 0 Å². The molecule has 0 aromatic heterocycles. The van der Waals surface area contributed by atoms with Crippen LogP contribution in [0, 0.1) is 0 Å². The van der Waals surface area contributed by atoms with Gasteiger partial charge in [0, 0.05) is 6.42 Å². The van der Waals surface area contributed by atoms with E-state index in [4.69, 9.17) is 14.2 Å². The van der Waals surface area contributed by atoms with Crippen LogP contribution in [0.3, 0.4) is 0 Å². The van der Waals surface area contributed by atoms with Crippen molar-refractivity contribution in [2.45, 2.75) is 25.7 Å². The second kappa shape index (κ2) is 10.4. The number of hydrogen-bond donors (Lipinski definition) is 6. The highest BCUT2D eigenvalue weighted by atomic mass is 16.6. The van der Waals surface area contributed by atoms with Crippen molar-refractivity contribution < 1.29 is 54.4 Å². The van der Waals surface area contributed by atoms with E-state index < -0.39 is 53.1 Å². The fraction of sp³-hybridized carbons (Fsp3) is 0.300. The minimum Gasteiger partial charge on any atom is -0.504 e. The minimum atomic E-state index is -1.21. The van der Waals surface area contributed by atoms with Gasteiger partial charge in [0.2, 0.25) is 0 Å². The van der Waals surface area contributed by atoms with E-state index in [-0.39, 0.29) is 30.8 Å². The Kier molecular flexibility index (Phi) is 7.88. The van der Waals surface area contributed by atoms with Crippen molar-refractivity contribution in [1.82, 2.24) is 0 Å². The highest BCUT2D eigenvalue weighted by Gasteiger charge is 2.19. The molecule has 0 saturated carbocycles. The van der Waals surface area contributed by atoms with Crippen LogP contribution in [-0.2, 0) is 14.2 Å². The lowest BCUT2D eigenvalue weighted by Gasteiger charge is -2.19. The summed E-state index contributed by atoms with van der Waals surface area (Å²) in [5, 5.41) is 56.4. The molecule has 0 fully saturated rings. The van der Waals surface area contributed by atoms with Gasteiger partial charge in [-0.05, 0) is 37.3 Å². The lowest BCUT2D eigenvalue weighted by Crippen LogP contribution is -2.28. The van der Waals surface area contributed by atoms with Gasteiger partial charge in [-0.25, -0.2) is 9.59 Å². The number of aliphatic hydroxyl groups excluding tert-OH is 1. The molecule has 0 spiro atoms. The monoisotopic (exact) mass is 438 g/mol. The van der Waals surface area contributed by atoms with Gasteiger partial charge < -0.3 is 44.8 Å². The quantitative estimate of drug-likeness (QED) is 0.189. The lowest BCUT2D eigenvalue weighted by molar-refractivity contribution is -0.140. The first-order valence-corrected chi connectivity index (χ1v) is 9.03. The molecular formula is C20H22O11. The van der Waals surface area contributed by atoms with Crippen LogP contribution in [-0.4, -0.2) is 68.2 Å². The number of phenolic OH excluding ortho intramolecular Hbond substituents is 5. The Labute approximate surface area is 176 Å². The van der Waals surface area contributed by atoms with Crippen molar-refractivity contribution in [3.8, 4) is 28.7 Å². The smallest absolute Gasteiger partial charge is 0.338 e. The minimum absolute atomic E-state index is 0.0147. The summed E-state index contributed by atoms with van der Waals surface area (Å²) < 4.78 is 15.3. The highest BCUT2D eigenvalue weighted by Crippen LogP contribution is 2.35. The number of hydrogen-bond acceptors (Lipinski definition) is 11. The summed E-state index contributed by atoms with van der Waals surface area (Å²) in [4.78, 5) is 24.1. The molecule has 0 radical (unpaired) electrons. The predicted octanol–water partition coefficient (Wildman–Crippen LogP) is 1.34. The molecule has 6 N–H and O–H groups in total. The third-order valence-electron chi connectivity index (χ3n) is 3.98. The van der Waals surface area contributed by atoms with E-state index in [9.17, 15) is 40.2 Å². The Hall–Kier alpha value is -3.70. The Balaban J connectivity index is 1.91. The molecule has 2 atom stereocenters. The van der Waals surface area contributed by atoms with E-state index in [1.54, 1.807) is 0 Å². The number of esters is 2. The van der Waals surface area contributed by atoms with E-state index in [1.165, 1.54) is 13.0 Å². The van der Waals surface area contributed by atoms with Gasteiger partial charge in [-0.15, -0.1) is 0 Å². The standard InChI is InChI=1S/C20H22O11/c1-10(21)31-13(9-30-19(27)11-2-3-14(22)15(23)6-11)4-5-29-20(28)12-7-16(24)18(26)17(25)8-12/h2-3,6-8,10,13,21-26H,4-5,9H2,1H3. The van der Waals surface area contributed by atoms with Gasteiger partial charge in [0.25, 0.3) is 0 Å². The van der Waals surface area contributed by atoms with E-state index in [1.807, 2.05) is 0 Å². The molecule has 31 heavy (non-hydrogen) atoms. The van der Waals surface area contributed by atoms with E-state index >= 15 is 0 Å². The first kappa shape index (κ1) is 23.6. The normalized spacial score (nSPS) is 12.7. The molecule has 0 aliphatic carbocycles.